The Morgan fingerprint density at radius 1 is 1.38 bits per heavy atom. The molecule has 3 nitrogen and oxygen atoms in total. The van der Waals surface area contributed by atoms with Crippen LogP contribution in [0, 0.1) is 0 Å². The van der Waals surface area contributed by atoms with Gasteiger partial charge in [0.2, 0.25) is 5.91 Å². The number of piperidine rings is 1. The largest absolute Gasteiger partial charge is 0.315 e. The van der Waals surface area contributed by atoms with Crippen molar-refractivity contribution in [2.75, 3.05) is 25.0 Å². The third kappa shape index (κ3) is 1.09. The number of fused-ring (bicyclic) bond motifs is 2. The summed E-state index contributed by atoms with van der Waals surface area (Å²) in [7, 11) is 1.88. The molecule has 1 aromatic carbocycles. The zero-order valence-corrected chi connectivity index (χ0v) is 9.49. The van der Waals surface area contributed by atoms with Crippen LogP contribution < -0.4 is 10.2 Å². The van der Waals surface area contributed by atoms with Crippen LogP contribution in [0.1, 0.15) is 18.4 Å². The number of amides is 1. The van der Waals surface area contributed by atoms with E-state index in [1.165, 1.54) is 5.56 Å². The molecule has 2 aliphatic rings. The van der Waals surface area contributed by atoms with Gasteiger partial charge in [0.1, 0.15) is 0 Å². The summed E-state index contributed by atoms with van der Waals surface area (Å²) in [6.45, 7) is 1.81. The molecule has 84 valence electrons. The molecule has 0 unspecified atom stereocenters. The van der Waals surface area contributed by atoms with Crippen molar-refractivity contribution < 1.29 is 4.79 Å². The molecule has 3 heteroatoms. The Morgan fingerprint density at radius 3 is 2.94 bits per heavy atom. The highest BCUT2D eigenvalue weighted by atomic mass is 16.2. The van der Waals surface area contributed by atoms with Crippen molar-refractivity contribution in [3.8, 4) is 0 Å². The standard InChI is InChI=1S/C13H16N2O/c1-15-11-6-3-2-5-10(11)13(12(15)16)7-4-8-14-9-13/h2-3,5-6,14H,4,7-9H2,1H3/t13-/m1/s1. The Balaban J connectivity index is 2.16. The molecule has 16 heavy (non-hydrogen) atoms. The van der Waals surface area contributed by atoms with E-state index in [4.69, 9.17) is 0 Å². The van der Waals surface area contributed by atoms with Crippen molar-refractivity contribution in [1.29, 1.82) is 0 Å². The summed E-state index contributed by atoms with van der Waals surface area (Å²) in [4.78, 5) is 14.2. The number of rotatable bonds is 0. The van der Waals surface area contributed by atoms with Crippen LogP contribution in [0.4, 0.5) is 5.69 Å². The van der Waals surface area contributed by atoms with E-state index in [9.17, 15) is 4.79 Å². The lowest BCUT2D eigenvalue weighted by molar-refractivity contribution is -0.123. The van der Waals surface area contributed by atoms with Crippen molar-refractivity contribution in [2.24, 2.45) is 0 Å². The van der Waals surface area contributed by atoms with Crippen LogP contribution in [-0.4, -0.2) is 26.0 Å². The van der Waals surface area contributed by atoms with Crippen molar-refractivity contribution in [1.82, 2.24) is 5.32 Å². The van der Waals surface area contributed by atoms with Gasteiger partial charge in [0.15, 0.2) is 0 Å². The summed E-state index contributed by atoms with van der Waals surface area (Å²) < 4.78 is 0. The maximum atomic E-state index is 12.4. The number of hydrogen-bond donors (Lipinski definition) is 1. The van der Waals surface area contributed by atoms with Gasteiger partial charge < -0.3 is 10.2 Å². The number of hydrogen-bond acceptors (Lipinski definition) is 2. The second kappa shape index (κ2) is 3.32. The highest BCUT2D eigenvalue weighted by molar-refractivity contribution is 6.08. The first-order valence-corrected chi connectivity index (χ1v) is 5.84. The Labute approximate surface area is 95.4 Å². The monoisotopic (exact) mass is 216 g/mol. The number of carbonyl (C=O) groups excluding carboxylic acids is 1. The van der Waals surface area contributed by atoms with Crippen molar-refractivity contribution in [3.63, 3.8) is 0 Å². The topological polar surface area (TPSA) is 32.3 Å². The van der Waals surface area contributed by atoms with Crippen molar-refractivity contribution >= 4 is 11.6 Å². The summed E-state index contributed by atoms with van der Waals surface area (Å²) >= 11 is 0. The maximum absolute atomic E-state index is 12.4. The number of nitrogens with zero attached hydrogens (tertiary/aromatic N) is 1. The molecule has 1 atom stereocenters. The second-order valence-corrected chi connectivity index (χ2v) is 4.74. The maximum Gasteiger partial charge on any atom is 0.238 e. The van der Waals surface area contributed by atoms with E-state index in [1.807, 2.05) is 30.1 Å². The minimum atomic E-state index is -0.288. The van der Waals surface area contributed by atoms with E-state index in [0.29, 0.717) is 0 Å². The first-order chi connectivity index (χ1) is 7.76. The quantitative estimate of drug-likeness (QED) is 0.708. The third-order valence-corrected chi connectivity index (χ3v) is 3.88. The Kier molecular flexibility index (Phi) is 2.04. The van der Waals surface area contributed by atoms with Crippen LogP contribution in [0.15, 0.2) is 24.3 Å². The van der Waals surface area contributed by atoms with Gasteiger partial charge in [-0.15, -0.1) is 0 Å². The first-order valence-electron chi connectivity index (χ1n) is 5.84. The lowest BCUT2D eigenvalue weighted by Gasteiger charge is -2.32. The Morgan fingerprint density at radius 2 is 2.19 bits per heavy atom. The van der Waals surface area contributed by atoms with E-state index in [-0.39, 0.29) is 11.3 Å². The van der Waals surface area contributed by atoms with Gasteiger partial charge >= 0.3 is 0 Å². The lowest BCUT2D eigenvalue weighted by atomic mass is 9.76. The predicted octanol–water partition coefficient (Wildman–Crippen LogP) is 1.28. The number of carbonyl (C=O) groups is 1. The van der Waals surface area contributed by atoms with Gasteiger partial charge in [-0.05, 0) is 31.0 Å². The molecule has 1 aromatic rings. The summed E-state index contributed by atoms with van der Waals surface area (Å²) in [5.41, 5.74) is 2.00. The number of anilines is 1. The molecule has 0 bridgehead atoms. The fraction of sp³-hybridized carbons (Fsp3) is 0.462. The molecule has 1 fully saturated rings. The van der Waals surface area contributed by atoms with Gasteiger partial charge in [-0.2, -0.15) is 0 Å². The molecule has 1 spiro atoms. The highest BCUT2D eigenvalue weighted by Gasteiger charge is 2.49. The van der Waals surface area contributed by atoms with E-state index in [1.54, 1.807) is 0 Å². The van der Waals surface area contributed by atoms with Crippen LogP contribution in [0.25, 0.3) is 0 Å². The molecule has 1 N–H and O–H groups in total. The van der Waals surface area contributed by atoms with E-state index in [0.717, 1.165) is 31.6 Å². The van der Waals surface area contributed by atoms with Gasteiger partial charge in [-0.25, -0.2) is 0 Å². The van der Waals surface area contributed by atoms with E-state index < -0.39 is 0 Å². The lowest BCUT2D eigenvalue weighted by Crippen LogP contribution is -2.49. The molecule has 1 saturated heterocycles. The average molecular weight is 216 g/mol. The smallest absolute Gasteiger partial charge is 0.238 e. The number of para-hydroxylation sites is 1. The highest BCUT2D eigenvalue weighted by Crippen LogP contribution is 2.44. The van der Waals surface area contributed by atoms with Crippen LogP contribution in [-0.2, 0) is 10.2 Å². The molecular weight excluding hydrogens is 200 g/mol. The minimum absolute atomic E-state index is 0.251. The molecule has 0 radical (unpaired) electrons. The fourth-order valence-electron chi connectivity index (χ4n) is 3.03. The van der Waals surface area contributed by atoms with Crippen LogP contribution in [0.5, 0.6) is 0 Å². The Bertz CT molecular complexity index is 435. The Hall–Kier alpha value is -1.35. The normalized spacial score (nSPS) is 28.6. The van der Waals surface area contributed by atoms with Gasteiger partial charge in [0.05, 0.1) is 5.41 Å². The molecular formula is C13H16N2O. The van der Waals surface area contributed by atoms with E-state index in [2.05, 4.69) is 11.4 Å². The van der Waals surface area contributed by atoms with Crippen molar-refractivity contribution in [2.45, 2.75) is 18.3 Å². The predicted molar refractivity (Wildman–Crippen MR) is 63.6 cm³/mol. The van der Waals surface area contributed by atoms with Gasteiger partial charge in [0, 0.05) is 19.3 Å². The summed E-state index contributed by atoms with van der Waals surface area (Å²) in [6.07, 6.45) is 2.05. The van der Waals surface area contributed by atoms with Gasteiger partial charge in [0.25, 0.3) is 0 Å². The van der Waals surface area contributed by atoms with Crippen LogP contribution >= 0.6 is 0 Å². The summed E-state index contributed by atoms with van der Waals surface area (Å²) in [5.74, 6) is 0.251. The minimum Gasteiger partial charge on any atom is -0.315 e. The molecule has 2 heterocycles. The molecule has 2 aliphatic heterocycles. The van der Waals surface area contributed by atoms with Gasteiger partial charge in [-0.1, -0.05) is 18.2 Å². The van der Waals surface area contributed by atoms with Crippen molar-refractivity contribution in [3.05, 3.63) is 29.8 Å². The molecule has 1 amide bonds. The summed E-state index contributed by atoms with van der Waals surface area (Å²) in [6, 6.07) is 8.17. The third-order valence-electron chi connectivity index (χ3n) is 3.88. The molecule has 0 aliphatic carbocycles. The van der Waals surface area contributed by atoms with Gasteiger partial charge in [-0.3, -0.25) is 4.79 Å². The molecule has 0 aromatic heterocycles. The molecule has 3 rings (SSSR count). The first kappa shape index (κ1) is 9.85. The van der Waals surface area contributed by atoms with Crippen LogP contribution in [0.2, 0.25) is 0 Å². The summed E-state index contributed by atoms with van der Waals surface area (Å²) in [5, 5.41) is 3.36. The zero-order valence-electron chi connectivity index (χ0n) is 9.49. The average Bonchev–Trinajstić information content (AvgIpc) is 2.55. The number of benzene rings is 1. The number of nitrogens with one attached hydrogen (secondary N) is 1. The fourth-order valence-corrected chi connectivity index (χ4v) is 3.03. The zero-order chi connectivity index (χ0) is 11.2. The SMILES string of the molecule is CN1C(=O)[C@@]2(CCCNC2)c2ccccc21. The van der Waals surface area contributed by atoms with Crippen LogP contribution in [0.3, 0.4) is 0 Å². The molecule has 0 saturated carbocycles. The van der Waals surface area contributed by atoms with E-state index >= 15 is 0 Å². The second-order valence-electron chi connectivity index (χ2n) is 4.74. The number of likely N-dealkylation sites (N-methyl/N-ethyl adjacent to an activating group) is 1.